The molecule has 2 aromatic rings. The molecule has 0 bridgehead atoms. The highest BCUT2D eigenvalue weighted by molar-refractivity contribution is 6.27. The third-order valence-electron chi connectivity index (χ3n) is 3.50. The van der Waals surface area contributed by atoms with Gasteiger partial charge in [0.1, 0.15) is 6.61 Å². The molecule has 0 aromatic heterocycles. The topological polar surface area (TPSA) is 95.6 Å². The van der Waals surface area contributed by atoms with Crippen molar-refractivity contribution >= 4 is 22.8 Å². The number of esters is 1. The van der Waals surface area contributed by atoms with E-state index in [2.05, 4.69) is 0 Å². The largest absolute Gasteiger partial charge is 0.573 e. The predicted octanol–water partition coefficient (Wildman–Crippen LogP) is 2.22. The molecule has 3 rings (SSSR count). The number of carbonyl (C=O) groups is 1. The molecule has 0 radical (unpaired) electrons. The molecule has 1 aliphatic heterocycles. The maximum atomic E-state index is 12.0. The molecule has 0 spiro atoms. The van der Waals surface area contributed by atoms with Crippen molar-refractivity contribution in [2.75, 3.05) is 6.61 Å². The quantitative estimate of drug-likeness (QED) is 0.392. The van der Waals surface area contributed by atoms with Gasteiger partial charge in [0.15, 0.2) is 5.69 Å². The Labute approximate surface area is 126 Å². The van der Waals surface area contributed by atoms with Crippen molar-refractivity contribution in [2.45, 2.75) is 0 Å². The first kappa shape index (κ1) is 14.4. The van der Waals surface area contributed by atoms with Gasteiger partial charge in [0.2, 0.25) is 0 Å². The van der Waals surface area contributed by atoms with Crippen molar-refractivity contribution < 1.29 is 14.7 Å². The monoisotopic (exact) mass is 298 g/mol. The number of ether oxygens (including phenoxy) is 1. The number of carbonyl (C=O) groups excluding carboxylic acids is 1. The molecule has 1 heterocycles. The Kier molecular flexibility index (Phi) is 3.51. The first-order valence-electron chi connectivity index (χ1n) is 6.65. The smallest absolute Gasteiger partial charge is 0.339 e. The summed E-state index contributed by atoms with van der Waals surface area (Å²) in [7, 11) is 0. The molecule has 6 heteroatoms. The van der Waals surface area contributed by atoms with E-state index in [1.165, 1.54) is 12.1 Å². The van der Waals surface area contributed by atoms with Gasteiger partial charge >= 0.3 is 5.97 Å². The number of cyclic esters (lactones) is 1. The molecule has 3 N–H and O–H groups in total. The van der Waals surface area contributed by atoms with Crippen LogP contribution in [0, 0.1) is 5.21 Å². The Balaban J connectivity index is 2.05. The molecular weight excluding hydrogens is 284 g/mol. The molecule has 1 unspecified atom stereocenters. The second-order valence-electron chi connectivity index (χ2n) is 4.97. The van der Waals surface area contributed by atoms with Crippen LogP contribution < -0.4 is 10.8 Å². The third-order valence-corrected chi connectivity index (χ3v) is 3.50. The standard InChI is InChI=1S/C16H14N2O4/c17-18(20,21)13-8-6-11(7-9-13)14-10-22-16(19)15(14)12-4-2-1-3-5-12/h1-9,20H,10,17H2. The van der Waals surface area contributed by atoms with Gasteiger partial charge in [0, 0.05) is 17.7 Å². The Bertz CT molecular complexity index is 731. The lowest BCUT2D eigenvalue weighted by Crippen LogP contribution is -2.46. The fourth-order valence-corrected chi connectivity index (χ4v) is 2.41. The molecule has 112 valence electrons. The molecule has 2 aromatic carbocycles. The lowest BCUT2D eigenvalue weighted by molar-refractivity contribution is -0.133. The Morgan fingerprint density at radius 2 is 1.68 bits per heavy atom. The van der Waals surface area contributed by atoms with Crippen molar-refractivity contribution in [2.24, 2.45) is 5.84 Å². The summed E-state index contributed by atoms with van der Waals surface area (Å²) >= 11 is 0. The van der Waals surface area contributed by atoms with Gasteiger partial charge in [0.05, 0.1) is 5.57 Å². The van der Waals surface area contributed by atoms with E-state index >= 15 is 0 Å². The van der Waals surface area contributed by atoms with Crippen LogP contribution in [0.5, 0.6) is 0 Å². The van der Waals surface area contributed by atoms with E-state index in [-0.39, 0.29) is 18.3 Å². The summed E-state index contributed by atoms with van der Waals surface area (Å²) < 4.78 is 5.13. The summed E-state index contributed by atoms with van der Waals surface area (Å²) in [6.07, 6.45) is 0. The highest BCUT2D eigenvalue weighted by Crippen LogP contribution is 2.33. The minimum atomic E-state index is -1.99. The Morgan fingerprint density at radius 3 is 2.27 bits per heavy atom. The van der Waals surface area contributed by atoms with Gasteiger partial charge in [0.25, 0.3) is 0 Å². The second kappa shape index (κ2) is 5.36. The van der Waals surface area contributed by atoms with Crippen LogP contribution in [0.4, 0.5) is 5.69 Å². The molecule has 6 nitrogen and oxygen atoms in total. The Hall–Kier alpha value is -2.51. The van der Waals surface area contributed by atoms with Gasteiger partial charge in [-0.05, 0) is 23.3 Å². The second-order valence-corrected chi connectivity index (χ2v) is 4.97. The van der Waals surface area contributed by atoms with Crippen LogP contribution in [0.3, 0.4) is 0 Å². The van der Waals surface area contributed by atoms with Crippen molar-refractivity contribution in [1.82, 2.24) is 4.92 Å². The van der Waals surface area contributed by atoms with E-state index in [4.69, 9.17) is 10.6 Å². The number of quaternary nitrogens is 1. The van der Waals surface area contributed by atoms with E-state index in [1.54, 1.807) is 12.1 Å². The summed E-state index contributed by atoms with van der Waals surface area (Å²) in [5.74, 6) is 4.67. The molecule has 0 saturated carbocycles. The average Bonchev–Trinajstić information content (AvgIpc) is 2.89. The fourth-order valence-electron chi connectivity index (χ4n) is 2.41. The SMILES string of the molecule is N[N+]([O-])(O)c1ccc(C2=C(c3ccccc3)C(=O)OC2)cc1. The summed E-state index contributed by atoms with van der Waals surface area (Å²) in [4.78, 5) is 10.0. The van der Waals surface area contributed by atoms with Gasteiger partial charge in [-0.15, -0.1) is 10.8 Å². The van der Waals surface area contributed by atoms with Gasteiger partial charge in [-0.3, -0.25) is 0 Å². The van der Waals surface area contributed by atoms with Gasteiger partial charge in [-0.25, -0.2) is 4.79 Å². The Morgan fingerprint density at radius 1 is 1.05 bits per heavy atom. The van der Waals surface area contributed by atoms with Crippen molar-refractivity contribution in [1.29, 1.82) is 0 Å². The molecule has 0 saturated heterocycles. The molecule has 0 amide bonds. The molecule has 0 aliphatic carbocycles. The highest BCUT2D eigenvalue weighted by Gasteiger charge is 2.27. The predicted molar refractivity (Wildman–Crippen MR) is 81.8 cm³/mol. The molecule has 1 atom stereocenters. The van der Waals surface area contributed by atoms with Crippen LogP contribution in [0.1, 0.15) is 11.1 Å². The number of rotatable bonds is 3. The summed E-state index contributed by atoms with van der Waals surface area (Å²) in [6.45, 7) is 0.168. The minimum Gasteiger partial charge on any atom is -0.573 e. The van der Waals surface area contributed by atoms with Gasteiger partial charge in [-0.1, -0.05) is 30.3 Å². The zero-order chi connectivity index (χ0) is 15.7. The van der Waals surface area contributed by atoms with Crippen LogP contribution in [-0.4, -0.2) is 17.8 Å². The van der Waals surface area contributed by atoms with Crippen LogP contribution in [-0.2, 0) is 9.53 Å². The van der Waals surface area contributed by atoms with Crippen LogP contribution >= 0.6 is 0 Å². The first-order chi connectivity index (χ1) is 10.5. The first-order valence-corrected chi connectivity index (χ1v) is 6.65. The number of nitrogens with zero attached hydrogens (tertiary/aromatic N) is 1. The van der Waals surface area contributed by atoms with E-state index in [1.807, 2.05) is 30.3 Å². The molecule has 22 heavy (non-hydrogen) atoms. The average molecular weight is 298 g/mol. The normalized spacial score (nSPS) is 17.3. The van der Waals surface area contributed by atoms with Crippen LogP contribution in [0.25, 0.3) is 11.1 Å². The highest BCUT2D eigenvalue weighted by atomic mass is 16.9. The van der Waals surface area contributed by atoms with Gasteiger partial charge < -0.3 is 9.94 Å². The minimum absolute atomic E-state index is 0.00384. The number of hydrogen-bond acceptors (Lipinski definition) is 5. The van der Waals surface area contributed by atoms with Crippen molar-refractivity contribution in [3.63, 3.8) is 0 Å². The third kappa shape index (κ3) is 2.63. The van der Waals surface area contributed by atoms with Crippen LogP contribution in [0.2, 0.25) is 0 Å². The van der Waals surface area contributed by atoms with E-state index in [0.29, 0.717) is 5.57 Å². The summed E-state index contributed by atoms with van der Waals surface area (Å²) in [5, 5.41) is 20.4. The molecule has 1 aliphatic rings. The van der Waals surface area contributed by atoms with E-state index in [9.17, 15) is 15.2 Å². The zero-order valence-corrected chi connectivity index (χ0v) is 11.6. The van der Waals surface area contributed by atoms with E-state index in [0.717, 1.165) is 16.7 Å². The van der Waals surface area contributed by atoms with E-state index < -0.39 is 4.92 Å². The van der Waals surface area contributed by atoms with Crippen molar-refractivity contribution in [3.8, 4) is 0 Å². The van der Waals surface area contributed by atoms with Crippen LogP contribution in [0.15, 0.2) is 54.6 Å². The van der Waals surface area contributed by atoms with Gasteiger partial charge in [-0.2, -0.15) is 5.21 Å². The van der Waals surface area contributed by atoms with Crippen molar-refractivity contribution in [3.05, 3.63) is 70.9 Å². The summed E-state index contributed by atoms with van der Waals surface area (Å²) in [5.41, 5.74) is 2.76. The zero-order valence-electron chi connectivity index (χ0n) is 11.6. The number of hydrogen-bond donors (Lipinski definition) is 2. The molecule has 0 fully saturated rings. The fraction of sp³-hybridized carbons (Fsp3) is 0.0625. The summed E-state index contributed by atoms with van der Waals surface area (Å²) in [6, 6.07) is 15.3. The lowest BCUT2D eigenvalue weighted by Gasteiger charge is -2.25. The maximum absolute atomic E-state index is 12.0. The lowest BCUT2D eigenvalue weighted by atomic mass is 9.96. The number of benzene rings is 2. The molecular formula is C16H14N2O4. The maximum Gasteiger partial charge on any atom is 0.339 e. The number of nitrogens with two attached hydrogens (primary N) is 1.